The van der Waals surface area contributed by atoms with Crippen molar-refractivity contribution in [3.05, 3.63) is 89.5 Å². The summed E-state index contributed by atoms with van der Waals surface area (Å²) in [5.74, 6) is 0.598. The monoisotopic (exact) mass is 471 g/mol. The van der Waals surface area contributed by atoms with Gasteiger partial charge in [-0.1, -0.05) is 54.6 Å². The molecule has 5 rings (SSSR count). The maximum Gasteiger partial charge on any atom is 0.342 e. The van der Waals surface area contributed by atoms with Crippen LogP contribution in [0.5, 0.6) is 5.75 Å². The first-order chi connectivity index (χ1) is 17.1. The first-order valence-electron chi connectivity index (χ1n) is 12.0. The van der Waals surface area contributed by atoms with E-state index in [1.807, 2.05) is 30.3 Å². The van der Waals surface area contributed by atoms with Gasteiger partial charge in [0.2, 0.25) is 0 Å². The van der Waals surface area contributed by atoms with Crippen molar-refractivity contribution in [1.82, 2.24) is 4.90 Å². The van der Waals surface area contributed by atoms with E-state index >= 15 is 0 Å². The normalized spacial score (nSPS) is 14.5. The summed E-state index contributed by atoms with van der Waals surface area (Å²) in [5.41, 5.74) is 4.46. The van der Waals surface area contributed by atoms with E-state index in [-0.39, 0.29) is 13.2 Å². The number of esters is 1. The molecule has 1 atom stereocenters. The van der Waals surface area contributed by atoms with Crippen LogP contribution in [0.4, 0.5) is 0 Å². The van der Waals surface area contributed by atoms with Crippen molar-refractivity contribution >= 4 is 16.9 Å². The molecule has 6 nitrogen and oxygen atoms in total. The van der Waals surface area contributed by atoms with E-state index in [9.17, 15) is 9.90 Å². The van der Waals surface area contributed by atoms with E-state index in [1.165, 1.54) is 11.1 Å². The van der Waals surface area contributed by atoms with Gasteiger partial charge in [0.1, 0.15) is 35.4 Å². The lowest BCUT2D eigenvalue weighted by molar-refractivity contribution is 0.0528. The molecule has 0 spiro atoms. The molecule has 2 heterocycles. The summed E-state index contributed by atoms with van der Waals surface area (Å²) in [6, 6.07) is 23.3. The van der Waals surface area contributed by atoms with Gasteiger partial charge in [-0.15, -0.1) is 0 Å². The summed E-state index contributed by atoms with van der Waals surface area (Å²) in [4.78, 5) is 15.1. The Labute approximate surface area is 204 Å². The number of ether oxygens (including phenoxy) is 2. The second-order valence-corrected chi connectivity index (χ2v) is 8.77. The molecule has 3 aromatic carbocycles. The minimum absolute atomic E-state index is 0.155. The summed E-state index contributed by atoms with van der Waals surface area (Å²) in [6.45, 7) is 4.48. The van der Waals surface area contributed by atoms with Crippen molar-refractivity contribution in [2.24, 2.45) is 0 Å². The predicted octanol–water partition coefficient (Wildman–Crippen LogP) is 5.07. The molecule has 0 radical (unpaired) electrons. The maximum absolute atomic E-state index is 12.8. The average molecular weight is 472 g/mol. The number of hydrogen-bond acceptors (Lipinski definition) is 6. The maximum atomic E-state index is 12.8. The zero-order valence-corrected chi connectivity index (χ0v) is 19.8. The van der Waals surface area contributed by atoms with Crippen molar-refractivity contribution < 1.29 is 23.8 Å². The molecule has 35 heavy (non-hydrogen) atoms. The number of furan rings is 1. The fourth-order valence-corrected chi connectivity index (χ4v) is 4.62. The molecule has 4 aromatic rings. The summed E-state index contributed by atoms with van der Waals surface area (Å²) in [7, 11) is 0. The molecule has 0 aliphatic carbocycles. The van der Waals surface area contributed by atoms with Gasteiger partial charge in [-0.05, 0) is 42.7 Å². The van der Waals surface area contributed by atoms with E-state index in [4.69, 9.17) is 13.9 Å². The third kappa shape index (κ3) is 5.09. The average Bonchev–Trinajstić information content (AvgIpc) is 3.27. The standard InChI is InChI=1S/C29H29NO5/c1-2-33-29(32)27-25-16-24(12-13-26(25)35-28(27)21-9-4-3-5-10-21)34-19-23(31)18-30-15-14-20-8-6-7-11-22(20)17-30/h3-13,16,23,31H,2,14-15,17-19H2,1H3/t23-/m0/s1. The Kier molecular flexibility index (Phi) is 6.84. The first-order valence-corrected chi connectivity index (χ1v) is 12.0. The number of rotatable bonds is 8. The molecule has 0 bridgehead atoms. The van der Waals surface area contributed by atoms with Crippen LogP contribution in [0.1, 0.15) is 28.4 Å². The van der Waals surface area contributed by atoms with Gasteiger partial charge in [-0.25, -0.2) is 4.79 Å². The number of fused-ring (bicyclic) bond motifs is 2. The highest BCUT2D eigenvalue weighted by atomic mass is 16.5. The van der Waals surface area contributed by atoms with Crippen LogP contribution < -0.4 is 4.74 Å². The smallest absolute Gasteiger partial charge is 0.342 e. The van der Waals surface area contributed by atoms with E-state index in [1.54, 1.807) is 25.1 Å². The van der Waals surface area contributed by atoms with Gasteiger partial charge in [0, 0.05) is 30.6 Å². The summed E-state index contributed by atoms with van der Waals surface area (Å²) in [6.07, 6.45) is 0.353. The summed E-state index contributed by atoms with van der Waals surface area (Å²) >= 11 is 0. The quantitative estimate of drug-likeness (QED) is 0.362. The fourth-order valence-electron chi connectivity index (χ4n) is 4.62. The number of aliphatic hydroxyl groups excluding tert-OH is 1. The van der Waals surface area contributed by atoms with Gasteiger partial charge in [0.15, 0.2) is 0 Å². The highest BCUT2D eigenvalue weighted by Gasteiger charge is 2.24. The Morgan fingerprint density at radius 1 is 1.06 bits per heavy atom. The molecule has 1 aliphatic rings. The number of nitrogens with zero attached hydrogens (tertiary/aromatic N) is 1. The van der Waals surface area contributed by atoms with Crippen LogP contribution in [-0.2, 0) is 17.7 Å². The lowest BCUT2D eigenvalue weighted by atomic mass is 10.00. The third-order valence-corrected chi connectivity index (χ3v) is 6.30. The molecular formula is C29H29NO5. The van der Waals surface area contributed by atoms with Crippen LogP contribution in [-0.4, -0.2) is 48.4 Å². The largest absolute Gasteiger partial charge is 0.491 e. The van der Waals surface area contributed by atoms with Crippen molar-refractivity contribution in [1.29, 1.82) is 0 Å². The van der Waals surface area contributed by atoms with Gasteiger partial charge >= 0.3 is 5.97 Å². The highest BCUT2D eigenvalue weighted by Crippen LogP contribution is 2.36. The van der Waals surface area contributed by atoms with Gasteiger partial charge in [-0.2, -0.15) is 0 Å². The van der Waals surface area contributed by atoms with Crippen LogP contribution in [0, 0.1) is 0 Å². The first kappa shape index (κ1) is 23.1. The topological polar surface area (TPSA) is 72.1 Å². The second kappa shape index (κ2) is 10.3. The molecular weight excluding hydrogens is 442 g/mol. The van der Waals surface area contributed by atoms with Gasteiger partial charge in [-0.3, -0.25) is 4.90 Å². The number of benzene rings is 3. The zero-order chi connectivity index (χ0) is 24.2. The lowest BCUT2D eigenvalue weighted by Crippen LogP contribution is -2.38. The zero-order valence-electron chi connectivity index (χ0n) is 19.8. The van der Waals surface area contributed by atoms with Gasteiger partial charge in [0.25, 0.3) is 0 Å². The molecule has 180 valence electrons. The van der Waals surface area contributed by atoms with Crippen molar-refractivity contribution in [3.8, 4) is 17.1 Å². The Morgan fingerprint density at radius 3 is 2.63 bits per heavy atom. The van der Waals surface area contributed by atoms with Crippen LogP contribution in [0.15, 0.2) is 77.2 Å². The van der Waals surface area contributed by atoms with E-state index in [0.29, 0.717) is 34.6 Å². The SMILES string of the molecule is CCOC(=O)c1c(-c2ccccc2)oc2ccc(OC[C@@H](O)CN3CCc4ccccc4C3)cc12. The predicted molar refractivity (Wildman–Crippen MR) is 135 cm³/mol. The Hall–Kier alpha value is -3.61. The third-order valence-electron chi connectivity index (χ3n) is 6.30. The molecule has 0 saturated heterocycles. The Morgan fingerprint density at radius 2 is 1.83 bits per heavy atom. The van der Waals surface area contributed by atoms with Crippen molar-refractivity contribution in [3.63, 3.8) is 0 Å². The van der Waals surface area contributed by atoms with E-state index in [0.717, 1.165) is 25.1 Å². The second-order valence-electron chi connectivity index (χ2n) is 8.77. The van der Waals surface area contributed by atoms with Crippen molar-refractivity contribution in [2.45, 2.75) is 26.0 Å². The molecule has 1 aromatic heterocycles. The Bertz CT molecular complexity index is 1310. The van der Waals surface area contributed by atoms with Gasteiger partial charge in [0.05, 0.1) is 6.61 Å². The molecule has 1 aliphatic heterocycles. The van der Waals surface area contributed by atoms with Crippen LogP contribution in [0.2, 0.25) is 0 Å². The number of carbonyl (C=O) groups is 1. The van der Waals surface area contributed by atoms with Crippen molar-refractivity contribution in [2.75, 3.05) is 26.3 Å². The summed E-state index contributed by atoms with van der Waals surface area (Å²) in [5, 5.41) is 11.3. The highest BCUT2D eigenvalue weighted by molar-refractivity contribution is 6.09. The minimum atomic E-state index is -0.635. The fraction of sp³-hybridized carbons (Fsp3) is 0.276. The molecule has 6 heteroatoms. The number of aliphatic hydroxyl groups is 1. The lowest BCUT2D eigenvalue weighted by Gasteiger charge is -2.30. The van der Waals surface area contributed by atoms with E-state index < -0.39 is 12.1 Å². The Balaban J connectivity index is 1.31. The number of hydrogen-bond donors (Lipinski definition) is 1. The molecule has 0 saturated carbocycles. The molecule has 0 unspecified atom stereocenters. The molecule has 1 N–H and O–H groups in total. The van der Waals surface area contributed by atoms with Crippen LogP contribution in [0.25, 0.3) is 22.3 Å². The van der Waals surface area contributed by atoms with E-state index in [2.05, 4.69) is 29.2 Å². The molecule has 0 amide bonds. The van der Waals surface area contributed by atoms with Crippen LogP contribution in [0.3, 0.4) is 0 Å². The molecule has 0 fully saturated rings. The minimum Gasteiger partial charge on any atom is -0.491 e. The number of β-amino-alcohol motifs (C(OH)–C–C–N with tert-alkyl or cyclic N) is 1. The number of carbonyl (C=O) groups excluding carboxylic acids is 1. The van der Waals surface area contributed by atoms with Gasteiger partial charge < -0.3 is 19.0 Å². The van der Waals surface area contributed by atoms with Crippen LogP contribution >= 0.6 is 0 Å². The summed E-state index contributed by atoms with van der Waals surface area (Å²) < 4.78 is 17.3.